The Morgan fingerprint density at radius 2 is 2.13 bits per heavy atom. The van der Waals surface area contributed by atoms with E-state index in [1.54, 1.807) is 0 Å². The first-order valence-electron chi connectivity index (χ1n) is 6.10. The van der Waals surface area contributed by atoms with Gasteiger partial charge in [-0.3, -0.25) is 4.90 Å². The van der Waals surface area contributed by atoms with Crippen molar-refractivity contribution in [1.29, 1.82) is 0 Å². The van der Waals surface area contributed by atoms with Gasteiger partial charge in [-0.25, -0.2) is 0 Å². The summed E-state index contributed by atoms with van der Waals surface area (Å²) in [7, 11) is 0. The maximum atomic E-state index is 5.64. The van der Waals surface area contributed by atoms with Crippen molar-refractivity contribution in [3.63, 3.8) is 0 Å². The summed E-state index contributed by atoms with van der Waals surface area (Å²) < 4.78 is 5.64. The second kappa shape index (κ2) is 5.83. The fourth-order valence-corrected chi connectivity index (χ4v) is 1.82. The number of nitrogens with one attached hydrogen (secondary N) is 1. The second-order valence-corrected chi connectivity index (χ2v) is 5.38. The lowest BCUT2D eigenvalue weighted by atomic mass is 10.1. The Labute approximate surface area is 94.2 Å². The maximum Gasteiger partial charge on any atom is 0.0700 e. The third kappa shape index (κ3) is 5.50. The predicted molar refractivity (Wildman–Crippen MR) is 64.2 cm³/mol. The van der Waals surface area contributed by atoms with Gasteiger partial charge in [-0.2, -0.15) is 0 Å². The van der Waals surface area contributed by atoms with E-state index in [1.807, 2.05) is 0 Å². The third-order valence-electron chi connectivity index (χ3n) is 2.76. The van der Waals surface area contributed by atoms with Gasteiger partial charge in [0.1, 0.15) is 0 Å². The molecule has 0 aliphatic carbocycles. The lowest BCUT2D eigenvalue weighted by Gasteiger charge is -2.33. The molecule has 1 unspecified atom stereocenters. The van der Waals surface area contributed by atoms with Crippen molar-refractivity contribution in [1.82, 2.24) is 10.2 Å². The van der Waals surface area contributed by atoms with Crippen LogP contribution in [0, 0.1) is 0 Å². The molecule has 1 heterocycles. The summed E-state index contributed by atoms with van der Waals surface area (Å²) in [6, 6.07) is 0. The quantitative estimate of drug-likeness (QED) is 0.767. The van der Waals surface area contributed by atoms with Crippen LogP contribution in [0.15, 0.2) is 0 Å². The Morgan fingerprint density at radius 3 is 2.73 bits per heavy atom. The summed E-state index contributed by atoms with van der Waals surface area (Å²) in [6.45, 7) is 14.1. The highest BCUT2D eigenvalue weighted by Gasteiger charge is 2.18. The van der Waals surface area contributed by atoms with Crippen molar-refractivity contribution in [2.45, 2.75) is 45.8 Å². The van der Waals surface area contributed by atoms with Crippen LogP contribution in [-0.2, 0) is 4.74 Å². The average molecular weight is 214 g/mol. The van der Waals surface area contributed by atoms with Crippen LogP contribution >= 0.6 is 0 Å². The van der Waals surface area contributed by atoms with E-state index in [4.69, 9.17) is 4.74 Å². The van der Waals surface area contributed by atoms with Gasteiger partial charge in [0.2, 0.25) is 0 Å². The number of hydrogen-bond acceptors (Lipinski definition) is 3. The minimum atomic E-state index is 0.233. The van der Waals surface area contributed by atoms with Crippen LogP contribution in [0.5, 0.6) is 0 Å². The molecule has 0 radical (unpaired) electrons. The topological polar surface area (TPSA) is 24.5 Å². The minimum Gasteiger partial charge on any atom is -0.376 e. The lowest BCUT2D eigenvalue weighted by molar-refractivity contribution is -0.0294. The Bertz CT molecular complexity index is 177. The van der Waals surface area contributed by atoms with E-state index in [2.05, 4.69) is 37.9 Å². The lowest BCUT2D eigenvalue weighted by Crippen LogP contribution is -2.47. The van der Waals surface area contributed by atoms with Crippen LogP contribution in [0.1, 0.15) is 34.1 Å². The molecule has 0 spiro atoms. The van der Waals surface area contributed by atoms with E-state index >= 15 is 0 Å². The first kappa shape index (κ1) is 12.9. The summed E-state index contributed by atoms with van der Waals surface area (Å²) in [5.74, 6) is 0. The highest BCUT2D eigenvalue weighted by atomic mass is 16.5. The Balaban J connectivity index is 2.15. The molecule has 1 fully saturated rings. The molecule has 0 aromatic carbocycles. The standard InChI is InChI=1S/C12H26N2O/c1-5-11-10-14(8-9-15-11)7-6-13-12(2,3)4/h11,13H,5-10H2,1-4H3. The molecule has 15 heavy (non-hydrogen) atoms. The van der Waals surface area contributed by atoms with Crippen molar-refractivity contribution in [2.75, 3.05) is 32.8 Å². The fraction of sp³-hybridized carbons (Fsp3) is 1.00. The molecule has 1 saturated heterocycles. The number of hydrogen-bond donors (Lipinski definition) is 1. The van der Waals surface area contributed by atoms with Gasteiger partial charge in [0.25, 0.3) is 0 Å². The highest BCUT2D eigenvalue weighted by molar-refractivity contribution is 4.74. The first-order chi connectivity index (χ1) is 7.01. The van der Waals surface area contributed by atoms with Crippen molar-refractivity contribution in [2.24, 2.45) is 0 Å². The predicted octanol–water partition coefficient (Wildman–Crippen LogP) is 1.49. The van der Waals surface area contributed by atoms with E-state index in [0.717, 1.165) is 39.2 Å². The molecule has 90 valence electrons. The molecule has 0 bridgehead atoms. The van der Waals surface area contributed by atoms with Gasteiger partial charge in [0, 0.05) is 31.7 Å². The summed E-state index contributed by atoms with van der Waals surface area (Å²) in [5, 5.41) is 3.52. The molecule has 0 aromatic heterocycles. The number of ether oxygens (including phenoxy) is 1. The molecule has 0 aromatic rings. The van der Waals surface area contributed by atoms with Crippen LogP contribution in [0.25, 0.3) is 0 Å². The molecule has 3 nitrogen and oxygen atoms in total. The first-order valence-corrected chi connectivity index (χ1v) is 6.10. The van der Waals surface area contributed by atoms with Crippen LogP contribution in [0.4, 0.5) is 0 Å². The molecule has 0 amide bonds. The smallest absolute Gasteiger partial charge is 0.0700 e. The van der Waals surface area contributed by atoms with Gasteiger partial charge in [-0.15, -0.1) is 0 Å². The van der Waals surface area contributed by atoms with Crippen LogP contribution in [-0.4, -0.2) is 49.3 Å². The Hall–Kier alpha value is -0.120. The molecule has 1 aliphatic heterocycles. The number of rotatable bonds is 4. The highest BCUT2D eigenvalue weighted by Crippen LogP contribution is 2.07. The molecular formula is C12H26N2O. The van der Waals surface area contributed by atoms with E-state index in [-0.39, 0.29) is 5.54 Å². The van der Waals surface area contributed by atoms with E-state index < -0.39 is 0 Å². The number of morpholine rings is 1. The molecule has 1 atom stereocenters. The third-order valence-corrected chi connectivity index (χ3v) is 2.76. The largest absolute Gasteiger partial charge is 0.376 e. The SMILES string of the molecule is CCC1CN(CCNC(C)(C)C)CCO1. The Kier molecular flexibility index (Phi) is 5.03. The van der Waals surface area contributed by atoms with Gasteiger partial charge < -0.3 is 10.1 Å². The zero-order valence-corrected chi connectivity index (χ0v) is 10.7. The van der Waals surface area contributed by atoms with Crippen molar-refractivity contribution < 1.29 is 4.74 Å². The van der Waals surface area contributed by atoms with Crippen LogP contribution < -0.4 is 5.32 Å². The maximum absolute atomic E-state index is 5.64. The number of nitrogens with zero attached hydrogens (tertiary/aromatic N) is 1. The van der Waals surface area contributed by atoms with Crippen LogP contribution in [0.2, 0.25) is 0 Å². The molecule has 1 rings (SSSR count). The van der Waals surface area contributed by atoms with E-state index in [1.165, 1.54) is 0 Å². The molecular weight excluding hydrogens is 188 g/mol. The van der Waals surface area contributed by atoms with Gasteiger partial charge in [0.15, 0.2) is 0 Å². The Morgan fingerprint density at radius 1 is 1.40 bits per heavy atom. The molecule has 1 N–H and O–H groups in total. The summed E-state index contributed by atoms with van der Waals surface area (Å²) >= 11 is 0. The summed E-state index contributed by atoms with van der Waals surface area (Å²) in [5.41, 5.74) is 0.233. The normalized spacial score (nSPS) is 24.4. The zero-order valence-electron chi connectivity index (χ0n) is 10.7. The van der Waals surface area contributed by atoms with Crippen molar-refractivity contribution in [3.05, 3.63) is 0 Å². The monoisotopic (exact) mass is 214 g/mol. The minimum absolute atomic E-state index is 0.233. The molecule has 0 saturated carbocycles. The van der Waals surface area contributed by atoms with E-state index in [0.29, 0.717) is 6.10 Å². The van der Waals surface area contributed by atoms with Gasteiger partial charge in [0.05, 0.1) is 12.7 Å². The zero-order chi connectivity index (χ0) is 11.3. The van der Waals surface area contributed by atoms with Gasteiger partial charge in [-0.1, -0.05) is 6.92 Å². The second-order valence-electron chi connectivity index (χ2n) is 5.38. The van der Waals surface area contributed by atoms with Gasteiger partial charge >= 0.3 is 0 Å². The summed E-state index contributed by atoms with van der Waals surface area (Å²) in [4.78, 5) is 2.50. The van der Waals surface area contributed by atoms with Crippen molar-refractivity contribution >= 4 is 0 Å². The molecule has 3 heteroatoms. The van der Waals surface area contributed by atoms with E-state index in [9.17, 15) is 0 Å². The fourth-order valence-electron chi connectivity index (χ4n) is 1.82. The van der Waals surface area contributed by atoms with Crippen molar-refractivity contribution in [3.8, 4) is 0 Å². The van der Waals surface area contributed by atoms with Crippen LogP contribution in [0.3, 0.4) is 0 Å². The summed E-state index contributed by atoms with van der Waals surface area (Å²) in [6.07, 6.45) is 1.58. The average Bonchev–Trinajstić information content (AvgIpc) is 2.16. The van der Waals surface area contributed by atoms with Gasteiger partial charge in [-0.05, 0) is 27.2 Å². The molecule has 1 aliphatic rings.